The molecule has 1 aromatic carbocycles. The fourth-order valence-electron chi connectivity index (χ4n) is 4.62. The number of alkyl halides is 2. The fourth-order valence-corrected chi connectivity index (χ4v) is 4.79. The molecule has 0 spiro atoms. The summed E-state index contributed by atoms with van der Waals surface area (Å²) in [7, 11) is 0. The van der Waals surface area contributed by atoms with Gasteiger partial charge < -0.3 is 25.1 Å². The number of H-pyrrole nitrogens is 1. The summed E-state index contributed by atoms with van der Waals surface area (Å²) < 4.78 is 39.8. The average molecular weight is 517 g/mol. The second kappa shape index (κ2) is 9.71. The molecule has 1 fully saturated rings. The van der Waals surface area contributed by atoms with Crippen LogP contribution in [0.4, 0.5) is 20.2 Å². The highest BCUT2D eigenvalue weighted by molar-refractivity contribution is 6.31. The van der Waals surface area contributed by atoms with Gasteiger partial charge in [0.25, 0.3) is 11.8 Å². The Morgan fingerprint density at radius 2 is 2.17 bits per heavy atom. The van der Waals surface area contributed by atoms with Crippen LogP contribution in [-0.4, -0.2) is 47.7 Å². The molecular formula is C26H27ClF2N4O3. The molecule has 7 nitrogen and oxygen atoms in total. The maximum Gasteiger partial charge on any atom is 0.277 e. The first-order chi connectivity index (χ1) is 17.3. The second-order valence-corrected chi connectivity index (χ2v) is 9.63. The van der Waals surface area contributed by atoms with Gasteiger partial charge in [0.05, 0.1) is 23.1 Å². The van der Waals surface area contributed by atoms with Crippen molar-refractivity contribution in [2.45, 2.75) is 44.6 Å². The molecule has 2 aliphatic heterocycles. The Morgan fingerprint density at radius 1 is 1.33 bits per heavy atom. The van der Waals surface area contributed by atoms with E-state index in [9.17, 15) is 13.6 Å². The van der Waals surface area contributed by atoms with Crippen molar-refractivity contribution in [2.24, 2.45) is 0 Å². The standard InChI is InChI=1S/C26H27ClF2N4O3/c1-14-11-31-25(34)21-22(14)33-23(24(21)32-18-6-3-5-17(27)15(18)2)16-7-9-30-12-19(16)36-13-20-26(28,29)8-4-10-35-20/h3,5-7,9,12,14,20,32-33H,4,8,10-11,13H2,1-2H3,(H,31,34). The highest BCUT2D eigenvalue weighted by Crippen LogP contribution is 2.43. The number of carbonyl (C=O) groups is 1. The zero-order chi connectivity index (χ0) is 25.4. The van der Waals surface area contributed by atoms with Crippen LogP contribution >= 0.6 is 11.6 Å². The SMILES string of the molecule is Cc1c(Cl)cccc1Nc1c(-c2ccncc2OCC2OCCCC2(F)F)[nH]c2c1C(=O)NCC2C. The summed E-state index contributed by atoms with van der Waals surface area (Å²) in [6.45, 7) is 4.35. The van der Waals surface area contributed by atoms with Crippen LogP contribution in [0.15, 0.2) is 36.7 Å². The number of pyridine rings is 1. The summed E-state index contributed by atoms with van der Waals surface area (Å²) in [4.78, 5) is 20.5. The molecule has 2 aromatic heterocycles. The van der Waals surface area contributed by atoms with Gasteiger partial charge in [-0.05, 0) is 37.1 Å². The van der Waals surface area contributed by atoms with E-state index in [1.54, 1.807) is 18.3 Å². The lowest BCUT2D eigenvalue weighted by molar-refractivity contribution is -0.180. The van der Waals surface area contributed by atoms with Crippen molar-refractivity contribution in [1.82, 2.24) is 15.3 Å². The summed E-state index contributed by atoms with van der Waals surface area (Å²) in [5.74, 6) is -2.83. The molecule has 3 N–H and O–H groups in total. The van der Waals surface area contributed by atoms with Gasteiger partial charge in [0.2, 0.25) is 0 Å². The minimum Gasteiger partial charge on any atom is -0.488 e. The molecule has 2 atom stereocenters. The summed E-state index contributed by atoms with van der Waals surface area (Å²) in [6.07, 6.45) is 1.81. The Hall–Kier alpha value is -3.17. The maximum atomic E-state index is 14.3. The van der Waals surface area contributed by atoms with Gasteiger partial charge >= 0.3 is 0 Å². The molecule has 2 unspecified atom stereocenters. The van der Waals surface area contributed by atoms with Crippen molar-refractivity contribution < 1.29 is 23.0 Å². The van der Waals surface area contributed by atoms with Crippen molar-refractivity contribution in [1.29, 1.82) is 0 Å². The van der Waals surface area contributed by atoms with E-state index < -0.39 is 12.0 Å². The van der Waals surface area contributed by atoms with Gasteiger partial charge in [0.1, 0.15) is 12.4 Å². The second-order valence-electron chi connectivity index (χ2n) is 9.22. The van der Waals surface area contributed by atoms with Crippen LogP contribution in [-0.2, 0) is 4.74 Å². The minimum absolute atomic E-state index is 0.0352. The predicted octanol–water partition coefficient (Wildman–Crippen LogP) is 5.82. The van der Waals surface area contributed by atoms with Gasteiger partial charge in [-0.15, -0.1) is 0 Å². The van der Waals surface area contributed by atoms with Crippen LogP contribution in [0.25, 0.3) is 11.3 Å². The molecule has 36 heavy (non-hydrogen) atoms. The van der Waals surface area contributed by atoms with E-state index in [0.717, 1.165) is 16.9 Å². The first-order valence-electron chi connectivity index (χ1n) is 11.9. The van der Waals surface area contributed by atoms with E-state index >= 15 is 0 Å². The molecule has 0 radical (unpaired) electrons. The van der Waals surface area contributed by atoms with Crippen LogP contribution in [0.1, 0.15) is 47.3 Å². The molecule has 0 bridgehead atoms. The Morgan fingerprint density at radius 3 is 2.97 bits per heavy atom. The molecule has 3 aromatic rings. The number of ether oxygens (including phenoxy) is 2. The largest absolute Gasteiger partial charge is 0.488 e. The third-order valence-electron chi connectivity index (χ3n) is 6.73. The van der Waals surface area contributed by atoms with Crippen molar-refractivity contribution in [3.63, 3.8) is 0 Å². The van der Waals surface area contributed by atoms with Crippen molar-refractivity contribution >= 4 is 28.9 Å². The third kappa shape index (κ3) is 4.53. The number of amides is 1. The molecule has 4 heterocycles. The van der Waals surface area contributed by atoms with E-state index in [0.29, 0.717) is 46.2 Å². The Bertz CT molecular complexity index is 1300. The summed E-state index contributed by atoms with van der Waals surface area (Å²) in [5.41, 5.74) is 4.57. The minimum atomic E-state index is -2.96. The van der Waals surface area contributed by atoms with Crippen molar-refractivity contribution in [3.05, 3.63) is 58.5 Å². The molecule has 2 aliphatic rings. The number of carbonyl (C=O) groups excluding carboxylic acids is 1. The molecule has 0 aliphatic carbocycles. The molecule has 0 saturated carbocycles. The number of hydrogen-bond donors (Lipinski definition) is 3. The zero-order valence-corrected chi connectivity index (χ0v) is 20.7. The summed E-state index contributed by atoms with van der Waals surface area (Å²) in [6, 6.07) is 7.22. The van der Waals surface area contributed by atoms with E-state index in [-0.39, 0.29) is 31.5 Å². The predicted molar refractivity (Wildman–Crippen MR) is 134 cm³/mol. The topological polar surface area (TPSA) is 88.3 Å². The number of hydrogen-bond acceptors (Lipinski definition) is 5. The van der Waals surface area contributed by atoms with Crippen LogP contribution in [0, 0.1) is 6.92 Å². The number of anilines is 2. The van der Waals surface area contributed by atoms with Crippen molar-refractivity contribution in [3.8, 4) is 17.0 Å². The third-order valence-corrected chi connectivity index (χ3v) is 7.14. The molecule has 190 valence electrons. The van der Waals surface area contributed by atoms with Gasteiger partial charge in [0.15, 0.2) is 6.10 Å². The number of nitrogens with zero attached hydrogens (tertiary/aromatic N) is 1. The van der Waals surface area contributed by atoms with E-state index in [4.69, 9.17) is 21.1 Å². The van der Waals surface area contributed by atoms with Gasteiger partial charge in [-0.1, -0.05) is 24.6 Å². The van der Waals surface area contributed by atoms with E-state index in [1.165, 1.54) is 6.20 Å². The molecule has 1 saturated heterocycles. The lowest BCUT2D eigenvalue weighted by atomic mass is 9.98. The molecule has 5 rings (SSSR count). The highest BCUT2D eigenvalue weighted by Gasteiger charge is 2.43. The zero-order valence-electron chi connectivity index (χ0n) is 20.0. The van der Waals surface area contributed by atoms with Crippen LogP contribution in [0.3, 0.4) is 0 Å². The Labute approximate surface area is 212 Å². The fraction of sp³-hybridized carbons (Fsp3) is 0.385. The molecule has 1 amide bonds. The summed E-state index contributed by atoms with van der Waals surface area (Å²) >= 11 is 6.34. The number of benzene rings is 1. The van der Waals surface area contributed by atoms with Crippen LogP contribution < -0.4 is 15.4 Å². The first-order valence-corrected chi connectivity index (χ1v) is 12.3. The lowest BCUT2D eigenvalue weighted by Crippen LogP contribution is -2.44. The van der Waals surface area contributed by atoms with Crippen LogP contribution in [0.2, 0.25) is 5.02 Å². The van der Waals surface area contributed by atoms with Crippen LogP contribution in [0.5, 0.6) is 5.75 Å². The van der Waals surface area contributed by atoms with Crippen molar-refractivity contribution in [2.75, 3.05) is 25.1 Å². The first kappa shape index (κ1) is 24.5. The number of rotatable bonds is 6. The van der Waals surface area contributed by atoms with Gasteiger partial charge in [-0.25, -0.2) is 8.78 Å². The average Bonchev–Trinajstić information content (AvgIpc) is 3.24. The number of fused-ring (bicyclic) bond motifs is 1. The van der Waals surface area contributed by atoms with Gasteiger partial charge in [0, 0.05) is 53.7 Å². The summed E-state index contributed by atoms with van der Waals surface area (Å²) in [5, 5.41) is 6.90. The molecular weight excluding hydrogens is 490 g/mol. The quantitative estimate of drug-likeness (QED) is 0.384. The normalized spacial score (nSPS) is 21.0. The van der Waals surface area contributed by atoms with Gasteiger partial charge in [-0.3, -0.25) is 9.78 Å². The lowest BCUT2D eigenvalue weighted by Gasteiger charge is -2.31. The Kier molecular flexibility index (Phi) is 6.61. The Balaban J connectivity index is 1.56. The van der Waals surface area contributed by atoms with E-state index in [2.05, 4.69) is 20.6 Å². The number of halogens is 3. The van der Waals surface area contributed by atoms with Gasteiger partial charge in [-0.2, -0.15) is 0 Å². The number of nitrogens with one attached hydrogen (secondary N) is 3. The monoisotopic (exact) mass is 516 g/mol. The number of aromatic nitrogens is 2. The maximum absolute atomic E-state index is 14.3. The highest BCUT2D eigenvalue weighted by atomic mass is 35.5. The molecule has 10 heteroatoms. The van der Waals surface area contributed by atoms with E-state index in [1.807, 2.05) is 26.0 Å². The number of aromatic amines is 1. The smallest absolute Gasteiger partial charge is 0.277 e.